The number of anilines is 3. The fourth-order valence-electron chi connectivity index (χ4n) is 3.64. The number of hydrogen-bond donors (Lipinski definition) is 3. The van der Waals surface area contributed by atoms with E-state index in [4.69, 9.17) is 17.3 Å². The van der Waals surface area contributed by atoms with Gasteiger partial charge in [-0.2, -0.15) is 10.5 Å². The predicted molar refractivity (Wildman–Crippen MR) is 156 cm³/mol. The average Bonchev–Trinajstić information content (AvgIpc) is 2.94. The van der Waals surface area contributed by atoms with Crippen LogP contribution in [0.5, 0.6) is 0 Å². The summed E-state index contributed by atoms with van der Waals surface area (Å²) in [6.45, 7) is 3.54. The van der Waals surface area contributed by atoms with Crippen LogP contribution in [0.2, 0.25) is 5.15 Å². The van der Waals surface area contributed by atoms with Gasteiger partial charge in [0.15, 0.2) is 11.0 Å². The Kier molecular flexibility index (Phi) is 8.74. The zero-order chi connectivity index (χ0) is 29.7. The number of sulfonamides is 1. The molecule has 4 N–H and O–H groups in total. The zero-order valence-electron chi connectivity index (χ0n) is 21.6. The van der Waals surface area contributed by atoms with Gasteiger partial charge in [-0.25, -0.2) is 13.4 Å². The van der Waals surface area contributed by atoms with Crippen molar-refractivity contribution in [2.75, 3.05) is 15.8 Å². The molecule has 0 spiro atoms. The van der Waals surface area contributed by atoms with E-state index in [1.54, 1.807) is 19.1 Å². The van der Waals surface area contributed by atoms with Crippen LogP contribution in [0.1, 0.15) is 23.6 Å². The van der Waals surface area contributed by atoms with Crippen molar-refractivity contribution in [2.45, 2.75) is 29.0 Å². The number of pyridine rings is 1. The maximum Gasteiger partial charge on any atom is 0.263 e. The predicted octanol–water partition coefficient (Wildman–Crippen LogP) is 4.75. The molecule has 0 saturated carbocycles. The van der Waals surface area contributed by atoms with Crippen LogP contribution in [0, 0.1) is 29.6 Å². The van der Waals surface area contributed by atoms with Crippen molar-refractivity contribution >= 4 is 56.6 Å². The number of nitrogens with two attached hydrogens (primary N) is 1. The summed E-state index contributed by atoms with van der Waals surface area (Å²) in [6, 6.07) is 19.7. The number of nitriles is 2. The molecule has 41 heavy (non-hydrogen) atoms. The van der Waals surface area contributed by atoms with Gasteiger partial charge in [-0.1, -0.05) is 53.2 Å². The van der Waals surface area contributed by atoms with Crippen LogP contribution in [-0.4, -0.2) is 34.8 Å². The number of thioether (sulfide) groups is 1. The second-order valence-electron chi connectivity index (χ2n) is 8.64. The minimum atomic E-state index is -3.96. The number of nitrogens with one attached hydrogen (secondary N) is 2. The molecule has 0 aliphatic heterocycles. The fraction of sp³-hybridized carbons (Fsp3) is 0.111. The van der Waals surface area contributed by atoms with E-state index < -0.39 is 21.2 Å². The first-order valence-electron chi connectivity index (χ1n) is 11.8. The number of nitrogens with zero attached hydrogens (tertiary/aromatic N) is 5. The first-order valence-corrected chi connectivity index (χ1v) is 14.6. The topological polar surface area (TPSA) is 188 Å². The van der Waals surface area contributed by atoms with Crippen molar-refractivity contribution < 1.29 is 13.2 Å². The van der Waals surface area contributed by atoms with Crippen LogP contribution in [0.25, 0.3) is 11.1 Å². The highest BCUT2D eigenvalue weighted by atomic mass is 35.5. The van der Waals surface area contributed by atoms with Crippen molar-refractivity contribution in [2.24, 2.45) is 0 Å². The SMILES string of the molecule is Cc1ccc(-c2c(C#N)c(N)nc(SC(C)C(=O)Nc3ccc(S(=O)(=O)Nc4ccc(Cl)nn4)cc3)c2C#N)cc1. The average molecular weight is 605 g/mol. The lowest BCUT2D eigenvalue weighted by Crippen LogP contribution is -2.23. The number of hydrogen-bond acceptors (Lipinski definition) is 10. The molecule has 4 rings (SSSR count). The minimum absolute atomic E-state index is 0.00282. The van der Waals surface area contributed by atoms with Crippen LogP contribution in [0.4, 0.5) is 17.3 Å². The molecule has 0 bridgehead atoms. The van der Waals surface area contributed by atoms with Gasteiger partial charge >= 0.3 is 0 Å². The number of carbonyl (C=O) groups is 1. The van der Waals surface area contributed by atoms with Crippen molar-refractivity contribution in [1.29, 1.82) is 10.5 Å². The lowest BCUT2D eigenvalue weighted by molar-refractivity contribution is -0.115. The smallest absolute Gasteiger partial charge is 0.263 e. The number of halogens is 1. The number of aromatic nitrogens is 3. The summed E-state index contributed by atoms with van der Waals surface area (Å²) in [5, 5.41) is 29.3. The highest BCUT2D eigenvalue weighted by molar-refractivity contribution is 8.00. The molecule has 1 unspecified atom stereocenters. The molecule has 0 radical (unpaired) electrons. The Morgan fingerprint density at radius 3 is 2.24 bits per heavy atom. The third-order valence-electron chi connectivity index (χ3n) is 5.72. The van der Waals surface area contributed by atoms with Gasteiger partial charge in [0.2, 0.25) is 5.91 Å². The Hall–Kier alpha value is -4.69. The van der Waals surface area contributed by atoms with Crippen LogP contribution in [0.15, 0.2) is 70.6 Å². The van der Waals surface area contributed by atoms with Gasteiger partial charge in [-0.05, 0) is 55.8 Å². The summed E-state index contributed by atoms with van der Waals surface area (Å²) in [4.78, 5) is 17.2. The molecular formula is C27H21ClN8O3S2. The molecule has 0 fully saturated rings. The molecule has 2 aromatic carbocycles. The number of nitrogen functional groups attached to an aromatic ring is 1. The quantitative estimate of drug-likeness (QED) is 0.237. The maximum absolute atomic E-state index is 13.0. The van der Waals surface area contributed by atoms with Crippen LogP contribution in [-0.2, 0) is 14.8 Å². The van der Waals surface area contributed by atoms with Crippen molar-refractivity contribution in [1.82, 2.24) is 15.2 Å². The molecule has 1 atom stereocenters. The zero-order valence-corrected chi connectivity index (χ0v) is 24.0. The third-order valence-corrected chi connectivity index (χ3v) is 8.38. The van der Waals surface area contributed by atoms with Gasteiger partial charge in [0.1, 0.15) is 28.5 Å². The second kappa shape index (κ2) is 12.2. The molecule has 0 saturated heterocycles. The van der Waals surface area contributed by atoms with E-state index >= 15 is 0 Å². The standard InChI is InChI=1S/C27H21ClN8O3S2/c1-15-3-5-17(6-4-15)24-20(13-29)25(31)33-27(21(24)14-30)40-16(2)26(37)32-18-7-9-19(10-8-18)41(38,39)36-23-12-11-22(28)34-35-23/h3-12,16H,1-2H3,(H2,31,33)(H,32,37)(H,35,36). The highest BCUT2D eigenvalue weighted by Gasteiger charge is 2.24. The fourth-order valence-corrected chi connectivity index (χ4v) is 5.66. The number of benzene rings is 2. The lowest BCUT2D eigenvalue weighted by Gasteiger charge is -2.16. The Morgan fingerprint density at radius 1 is 1.00 bits per heavy atom. The van der Waals surface area contributed by atoms with E-state index in [1.165, 1.54) is 36.4 Å². The number of rotatable bonds is 8. The minimum Gasteiger partial charge on any atom is -0.383 e. The lowest BCUT2D eigenvalue weighted by atomic mass is 9.96. The van der Waals surface area contributed by atoms with E-state index in [-0.39, 0.29) is 37.8 Å². The first kappa shape index (κ1) is 29.3. The van der Waals surface area contributed by atoms with Crippen LogP contribution in [0.3, 0.4) is 0 Å². The van der Waals surface area contributed by atoms with E-state index in [0.717, 1.165) is 17.3 Å². The molecule has 14 heteroatoms. The summed E-state index contributed by atoms with van der Waals surface area (Å²) in [5.41, 5.74) is 8.63. The number of carbonyl (C=O) groups excluding carboxylic acids is 1. The summed E-state index contributed by atoms with van der Waals surface area (Å²) in [5.74, 6) is -0.477. The van der Waals surface area contributed by atoms with E-state index in [0.29, 0.717) is 16.8 Å². The molecule has 4 aromatic rings. The van der Waals surface area contributed by atoms with Gasteiger partial charge in [0.25, 0.3) is 10.0 Å². The third kappa shape index (κ3) is 6.73. The molecular weight excluding hydrogens is 584 g/mol. The number of aryl methyl sites for hydroxylation is 1. The van der Waals surface area contributed by atoms with E-state index in [2.05, 4.69) is 31.3 Å². The second-order valence-corrected chi connectivity index (χ2v) is 12.0. The molecule has 206 valence electrons. The van der Waals surface area contributed by atoms with E-state index in [1.807, 2.05) is 25.1 Å². The molecule has 0 aliphatic carbocycles. The Balaban J connectivity index is 1.52. The Bertz CT molecular complexity index is 1800. The molecule has 2 heterocycles. The Labute approximate surface area is 245 Å². The molecule has 1 amide bonds. The summed E-state index contributed by atoms with van der Waals surface area (Å²) in [6.07, 6.45) is 0. The number of amides is 1. The maximum atomic E-state index is 13.0. The van der Waals surface area contributed by atoms with Crippen molar-refractivity contribution in [3.8, 4) is 23.3 Å². The molecule has 2 aromatic heterocycles. The largest absolute Gasteiger partial charge is 0.383 e. The first-order chi connectivity index (χ1) is 19.5. The van der Waals surface area contributed by atoms with Crippen molar-refractivity contribution in [3.63, 3.8) is 0 Å². The van der Waals surface area contributed by atoms with Gasteiger partial charge in [0.05, 0.1) is 15.7 Å². The van der Waals surface area contributed by atoms with Gasteiger partial charge in [-0.3, -0.25) is 9.52 Å². The highest BCUT2D eigenvalue weighted by Crippen LogP contribution is 2.37. The van der Waals surface area contributed by atoms with Gasteiger partial charge in [-0.15, -0.1) is 10.2 Å². The Morgan fingerprint density at radius 2 is 1.66 bits per heavy atom. The van der Waals surface area contributed by atoms with Gasteiger partial charge < -0.3 is 11.1 Å². The molecule has 11 nitrogen and oxygen atoms in total. The monoisotopic (exact) mass is 604 g/mol. The van der Waals surface area contributed by atoms with Crippen molar-refractivity contribution in [3.05, 3.63) is 82.5 Å². The normalized spacial score (nSPS) is 11.6. The van der Waals surface area contributed by atoms with Gasteiger partial charge in [0, 0.05) is 11.3 Å². The van der Waals surface area contributed by atoms with Crippen LogP contribution >= 0.6 is 23.4 Å². The summed E-state index contributed by atoms with van der Waals surface area (Å²) >= 11 is 6.69. The summed E-state index contributed by atoms with van der Waals surface area (Å²) < 4.78 is 27.6. The summed E-state index contributed by atoms with van der Waals surface area (Å²) in [7, 11) is -3.96. The van der Waals surface area contributed by atoms with Crippen LogP contribution < -0.4 is 15.8 Å². The molecule has 0 aliphatic rings. The van der Waals surface area contributed by atoms with E-state index in [9.17, 15) is 23.7 Å².